The first-order chi connectivity index (χ1) is 18.4. The standard InChI is InChI=1S/C28H34N4O5S/c1-3-20-11-13-22(14-12-20)32(26(34)18-38-17-25(33)30-24-16-19(2)37-31-24)27(23-10-7-15-36-23)28(35)29-21-8-5-4-6-9-21/h7,10-16,21,27H,3-6,8-9,17-18H2,1-2H3,(H,29,35)(H,30,31,33)/t27-/m1/s1. The second-order valence-corrected chi connectivity index (χ2v) is 10.4. The number of carbonyl (C=O) groups excluding carboxylic acids is 3. The number of amides is 3. The molecule has 0 aliphatic heterocycles. The average molecular weight is 539 g/mol. The zero-order chi connectivity index (χ0) is 26.9. The molecule has 2 heterocycles. The van der Waals surface area contributed by atoms with Crippen LogP contribution in [0.4, 0.5) is 11.5 Å². The molecule has 0 spiro atoms. The first kappa shape index (κ1) is 27.5. The largest absolute Gasteiger partial charge is 0.467 e. The Morgan fingerprint density at radius 1 is 1.11 bits per heavy atom. The Kier molecular flexibility index (Phi) is 9.64. The first-order valence-corrected chi connectivity index (χ1v) is 14.2. The summed E-state index contributed by atoms with van der Waals surface area (Å²) in [5.41, 5.74) is 1.71. The summed E-state index contributed by atoms with van der Waals surface area (Å²) in [6.45, 7) is 3.79. The van der Waals surface area contributed by atoms with Gasteiger partial charge in [0.1, 0.15) is 11.5 Å². The molecule has 1 fully saturated rings. The monoisotopic (exact) mass is 538 g/mol. The summed E-state index contributed by atoms with van der Waals surface area (Å²) < 4.78 is 10.6. The minimum atomic E-state index is -0.973. The van der Waals surface area contributed by atoms with Crippen LogP contribution in [-0.2, 0) is 20.8 Å². The van der Waals surface area contributed by atoms with E-state index >= 15 is 0 Å². The zero-order valence-electron chi connectivity index (χ0n) is 21.8. The lowest BCUT2D eigenvalue weighted by Crippen LogP contribution is -2.47. The summed E-state index contributed by atoms with van der Waals surface area (Å²) in [4.78, 5) is 41.2. The molecule has 0 bridgehead atoms. The van der Waals surface area contributed by atoms with Crippen LogP contribution in [0.3, 0.4) is 0 Å². The van der Waals surface area contributed by atoms with Crippen LogP contribution in [0.5, 0.6) is 0 Å². The highest BCUT2D eigenvalue weighted by Gasteiger charge is 2.36. The fourth-order valence-corrected chi connectivity index (χ4v) is 5.26. The van der Waals surface area contributed by atoms with Crippen LogP contribution in [0.25, 0.3) is 0 Å². The molecule has 2 aromatic heterocycles. The summed E-state index contributed by atoms with van der Waals surface area (Å²) >= 11 is 1.16. The fourth-order valence-electron chi connectivity index (χ4n) is 4.58. The summed E-state index contributed by atoms with van der Waals surface area (Å²) in [7, 11) is 0. The van der Waals surface area contributed by atoms with Crippen LogP contribution in [0.1, 0.15) is 62.2 Å². The predicted octanol–water partition coefficient (Wildman–Crippen LogP) is 5.03. The third-order valence-electron chi connectivity index (χ3n) is 6.52. The van der Waals surface area contributed by atoms with Crippen molar-refractivity contribution in [2.75, 3.05) is 21.7 Å². The number of carbonyl (C=O) groups is 3. The van der Waals surface area contributed by atoms with Crippen LogP contribution in [0, 0.1) is 6.92 Å². The Bertz CT molecular complexity index is 1200. The van der Waals surface area contributed by atoms with Gasteiger partial charge in [0.15, 0.2) is 11.9 Å². The number of hydrogen-bond acceptors (Lipinski definition) is 7. The maximum absolute atomic E-state index is 13.7. The molecule has 9 nitrogen and oxygen atoms in total. The lowest BCUT2D eigenvalue weighted by Gasteiger charge is -2.32. The lowest BCUT2D eigenvalue weighted by molar-refractivity contribution is -0.127. The number of aromatic nitrogens is 1. The van der Waals surface area contributed by atoms with E-state index in [1.54, 1.807) is 25.1 Å². The van der Waals surface area contributed by atoms with E-state index in [1.165, 1.54) is 17.6 Å². The van der Waals surface area contributed by atoms with E-state index in [1.807, 2.05) is 24.3 Å². The molecule has 202 valence electrons. The maximum atomic E-state index is 13.7. The van der Waals surface area contributed by atoms with E-state index in [2.05, 4.69) is 22.7 Å². The van der Waals surface area contributed by atoms with Gasteiger partial charge in [0, 0.05) is 17.8 Å². The number of nitrogens with zero attached hydrogens (tertiary/aromatic N) is 2. The Morgan fingerprint density at radius 3 is 2.50 bits per heavy atom. The molecule has 0 radical (unpaired) electrons. The minimum Gasteiger partial charge on any atom is -0.467 e. The first-order valence-electron chi connectivity index (χ1n) is 13.0. The molecule has 3 amide bonds. The molecule has 2 N–H and O–H groups in total. The molecule has 4 rings (SSSR count). The van der Waals surface area contributed by atoms with Crippen molar-refractivity contribution < 1.29 is 23.3 Å². The van der Waals surface area contributed by atoms with Gasteiger partial charge >= 0.3 is 0 Å². The van der Waals surface area contributed by atoms with Gasteiger partial charge in [0.25, 0.3) is 5.91 Å². The van der Waals surface area contributed by atoms with Gasteiger partial charge in [0.05, 0.1) is 17.8 Å². The van der Waals surface area contributed by atoms with Gasteiger partial charge in [-0.15, -0.1) is 11.8 Å². The molecule has 1 aliphatic carbocycles. The molecule has 0 unspecified atom stereocenters. The Balaban J connectivity index is 1.52. The predicted molar refractivity (Wildman–Crippen MR) is 147 cm³/mol. The second-order valence-electron chi connectivity index (χ2n) is 9.41. The molecule has 10 heteroatoms. The number of rotatable bonds is 11. The summed E-state index contributed by atoms with van der Waals surface area (Å²) in [5, 5.41) is 9.56. The average Bonchev–Trinajstić information content (AvgIpc) is 3.59. The van der Waals surface area contributed by atoms with Crippen LogP contribution >= 0.6 is 11.8 Å². The number of thioether (sulfide) groups is 1. The quantitative estimate of drug-likeness (QED) is 0.351. The topological polar surface area (TPSA) is 118 Å². The molecule has 1 saturated carbocycles. The minimum absolute atomic E-state index is 0.00525. The molecule has 1 atom stereocenters. The number of anilines is 2. The SMILES string of the molecule is CCc1ccc(N(C(=O)CSCC(=O)Nc2cc(C)on2)[C@@H](C(=O)NC2CCCCC2)c2ccco2)cc1. The van der Waals surface area contributed by atoms with Crippen molar-refractivity contribution in [3.8, 4) is 0 Å². The van der Waals surface area contributed by atoms with Crippen molar-refractivity contribution in [1.82, 2.24) is 10.5 Å². The van der Waals surface area contributed by atoms with E-state index in [0.717, 1.165) is 49.4 Å². The molecule has 1 aliphatic rings. The third kappa shape index (κ3) is 7.28. The van der Waals surface area contributed by atoms with Gasteiger partial charge in [-0.3, -0.25) is 19.3 Å². The van der Waals surface area contributed by atoms with E-state index in [4.69, 9.17) is 8.94 Å². The van der Waals surface area contributed by atoms with Crippen molar-refractivity contribution in [3.63, 3.8) is 0 Å². The molecule has 1 aromatic carbocycles. The third-order valence-corrected chi connectivity index (χ3v) is 7.43. The molecule has 0 saturated heterocycles. The lowest BCUT2D eigenvalue weighted by atomic mass is 9.95. The number of nitrogens with one attached hydrogen (secondary N) is 2. The molecular formula is C28H34N4O5S. The smallest absolute Gasteiger partial charge is 0.251 e. The fraction of sp³-hybridized carbons (Fsp3) is 0.429. The summed E-state index contributed by atoms with van der Waals surface area (Å²) in [6.07, 6.45) is 7.52. The Morgan fingerprint density at radius 2 is 1.87 bits per heavy atom. The number of aryl methyl sites for hydroxylation is 2. The van der Waals surface area contributed by atoms with E-state index in [9.17, 15) is 14.4 Å². The normalized spacial score (nSPS) is 14.6. The second kappa shape index (κ2) is 13.3. The highest BCUT2D eigenvalue weighted by Crippen LogP contribution is 2.30. The summed E-state index contributed by atoms with van der Waals surface area (Å²) in [6, 6.07) is 11.8. The van der Waals surface area contributed by atoms with Crippen LogP contribution < -0.4 is 15.5 Å². The Hall–Kier alpha value is -3.53. The van der Waals surface area contributed by atoms with Gasteiger partial charge in [-0.05, 0) is 56.0 Å². The van der Waals surface area contributed by atoms with E-state index in [-0.39, 0.29) is 35.3 Å². The van der Waals surface area contributed by atoms with Gasteiger partial charge in [-0.2, -0.15) is 0 Å². The molecular weight excluding hydrogens is 504 g/mol. The van der Waals surface area contributed by atoms with Crippen molar-refractivity contribution >= 4 is 41.0 Å². The molecule has 3 aromatic rings. The summed E-state index contributed by atoms with van der Waals surface area (Å²) in [5.74, 6) is 0.461. The van der Waals surface area contributed by atoms with E-state index in [0.29, 0.717) is 23.0 Å². The van der Waals surface area contributed by atoms with Crippen LogP contribution in [0.2, 0.25) is 0 Å². The van der Waals surface area contributed by atoms with Crippen molar-refractivity contribution in [2.24, 2.45) is 0 Å². The maximum Gasteiger partial charge on any atom is 0.251 e. The van der Waals surface area contributed by atoms with Gasteiger partial charge < -0.3 is 19.6 Å². The highest BCUT2D eigenvalue weighted by molar-refractivity contribution is 8.00. The zero-order valence-corrected chi connectivity index (χ0v) is 22.6. The highest BCUT2D eigenvalue weighted by atomic mass is 32.2. The van der Waals surface area contributed by atoms with Gasteiger partial charge in [-0.1, -0.05) is 43.5 Å². The Labute approximate surface area is 226 Å². The van der Waals surface area contributed by atoms with Crippen LogP contribution in [-0.4, -0.2) is 40.4 Å². The molecule has 38 heavy (non-hydrogen) atoms. The number of furan rings is 1. The van der Waals surface area contributed by atoms with E-state index < -0.39 is 6.04 Å². The van der Waals surface area contributed by atoms with Crippen molar-refractivity contribution in [1.29, 1.82) is 0 Å². The van der Waals surface area contributed by atoms with Crippen molar-refractivity contribution in [2.45, 2.75) is 64.5 Å². The van der Waals surface area contributed by atoms with Gasteiger partial charge in [0.2, 0.25) is 11.8 Å². The number of hydrogen-bond donors (Lipinski definition) is 2. The van der Waals surface area contributed by atoms with Gasteiger partial charge in [-0.25, -0.2) is 0 Å². The van der Waals surface area contributed by atoms with Crippen molar-refractivity contribution in [3.05, 3.63) is 65.8 Å². The van der Waals surface area contributed by atoms with Crippen LogP contribution in [0.15, 0.2) is 57.7 Å². The number of benzene rings is 1.